The number of hydrogen-bond donors (Lipinski definition) is 0. The Morgan fingerprint density at radius 1 is 1.12 bits per heavy atom. The van der Waals surface area contributed by atoms with E-state index in [2.05, 4.69) is 15.0 Å². The number of benzene rings is 1. The van der Waals surface area contributed by atoms with E-state index in [0.717, 1.165) is 5.56 Å². The van der Waals surface area contributed by atoms with E-state index in [9.17, 15) is 0 Å². The average Bonchev–Trinajstić information content (AvgIpc) is 2.30. The van der Waals surface area contributed by atoms with Crippen molar-refractivity contribution in [1.82, 2.24) is 15.0 Å². The van der Waals surface area contributed by atoms with Crippen molar-refractivity contribution in [2.24, 2.45) is 0 Å². The van der Waals surface area contributed by atoms with Crippen molar-refractivity contribution < 1.29 is 0 Å². The molecule has 16 heavy (non-hydrogen) atoms. The Bertz CT molecular complexity index is 533. The standard InChI is InChI=1S/C11H7ClN4/c12-11-15-9(6-7-13)14-10(16-11)8-4-2-1-3-5-8/h1-5H,6H2. The van der Waals surface area contributed by atoms with Gasteiger partial charge in [0.05, 0.1) is 12.5 Å². The molecule has 78 valence electrons. The highest BCUT2D eigenvalue weighted by Crippen LogP contribution is 2.15. The SMILES string of the molecule is N#CCc1nc(Cl)nc(-c2ccccc2)n1. The molecule has 0 amide bonds. The molecule has 0 aliphatic heterocycles. The summed E-state index contributed by atoms with van der Waals surface area (Å²) in [6, 6.07) is 11.4. The van der Waals surface area contributed by atoms with E-state index >= 15 is 0 Å². The number of nitriles is 1. The molecule has 0 spiro atoms. The monoisotopic (exact) mass is 230 g/mol. The lowest BCUT2D eigenvalue weighted by Gasteiger charge is -2.01. The molecule has 0 N–H and O–H groups in total. The Kier molecular flexibility index (Phi) is 3.08. The summed E-state index contributed by atoms with van der Waals surface area (Å²) >= 11 is 5.76. The normalized spacial score (nSPS) is 9.75. The maximum absolute atomic E-state index is 8.58. The first-order valence-corrected chi connectivity index (χ1v) is 5.00. The largest absolute Gasteiger partial charge is 0.226 e. The minimum absolute atomic E-state index is 0.110. The van der Waals surface area contributed by atoms with E-state index in [4.69, 9.17) is 16.9 Å². The summed E-state index contributed by atoms with van der Waals surface area (Å²) in [5.74, 6) is 0.882. The topological polar surface area (TPSA) is 62.5 Å². The maximum atomic E-state index is 8.58. The number of rotatable bonds is 2. The number of nitrogens with zero attached hydrogens (tertiary/aromatic N) is 4. The third-order valence-electron chi connectivity index (χ3n) is 1.92. The van der Waals surface area contributed by atoms with Gasteiger partial charge in [0.25, 0.3) is 0 Å². The van der Waals surface area contributed by atoms with Gasteiger partial charge in [-0.3, -0.25) is 0 Å². The van der Waals surface area contributed by atoms with Crippen LogP contribution in [0, 0.1) is 11.3 Å². The van der Waals surface area contributed by atoms with Gasteiger partial charge in [0.15, 0.2) is 5.82 Å². The molecule has 4 nitrogen and oxygen atoms in total. The first-order valence-electron chi connectivity index (χ1n) is 4.62. The zero-order chi connectivity index (χ0) is 11.4. The summed E-state index contributed by atoms with van der Waals surface area (Å²) in [5, 5.41) is 8.69. The number of aromatic nitrogens is 3. The molecule has 0 radical (unpaired) electrons. The van der Waals surface area contributed by atoms with Crippen molar-refractivity contribution in [2.45, 2.75) is 6.42 Å². The van der Waals surface area contributed by atoms with Gasteiger partial charge in [-0.05, 0) is 11.6 Å². The molecular formula is C11H7ClN4. The van der Waals surface area contributed by atoms with Crippen LogP contribution in [0.25, 0.3) is 11.4 Å². The van der Waals surface area contributed by atoms with Crippen molar-refractivity contribution in [3.63, 3.8) is 0 Å². The second kappa shape index (κ2) is 4.69. The van der Waals surface area contributed by atoms with Gasteiger partial charge >= 0.3 is 0 Å². The van der Waals surface area contributed by atoms with Crippen LogP contribution in [0.3, 0.4) is 0 Å². The third kappa shape index (κ3) is 2.33. The van der Waals surface area contributed by atoms with Crippen molar-refractivity contribution >= 4 is 11.6 Å². The fourth-order valence-electron chi connectivity index (χ4n) is 1.26. The van der Waals surface area contributed by atoms with E-state index < -0.39 is 0 Å². The van der Waals surface area contributed by atoms with Crippen LogP contribution in [0.2, 0.25) is 5.28 Å². The zero-order valence-electron chi connectivity index (χ0n) is 8.26. The second-order valence-electron chi connectivity index (χ2n) is 3.05. The van der Waals surface area contributed by atoms with Crippen LogP contribution in [0.4, 0.5) is 0 Å². The van der Waals surface area contributed by atoms with Gasteiger partial charge in [0.1, 0.15) is 5.82 Å². The van der Waals surface area contributed by atoms with Gasteiger partial charge in [-0.25, -0.2) is 9.97 Å². The maximum Gasteiger partial charge on any atom is 0.226 e. The summed E-state index contributed by atoms with van der Waals surface area (Å²) < 4.78 is 0. The summed E-state index contributed by atoms with van der Waals surface area (Å²) in [4.78, 5) is 12.1. The van der Waals surface area contributed by atoms with E-state index in [1.807, 2.05) is 36.4 Å². The van der Waals surface area contributed by atoms with Crippen LogP contribution >= 0.6 is 11.6 Å². The highest BCUT2D eigenvalue weighted by atomic mass is 35.5. The summed E-state index contributed by atoms with van der Waals surface area (Å²) in [7, 11) is 0. The highest BCUT2D eigenvalue weighted by Gasteiger charge is 2.06. The molecule has 0 unspecified atom stereocenters. The molecular weight excluding hydrogens is 224 g/mol. The smallest absolute Gasteiger partial charge is 0.212 e. The fraction of sp³-hybridized carbons (Fsp3) is 0.0909. The molecule has 0 aliphatic rings. The summed E-state index contributed by atoms with van der Waals surface area (Å²) in [5.41, 5.74) is 0.853. The van der Waals surface area contributed by atoms with Crippen molar-refractivity contribution in [3.8, 4) is 17.5 Å². The van der Waals surface area contributed by atoms with Gasteiger partial charge in [-0.2, -0.15) is 10.2 Å². The summed E-state index contributed by atoms with van der Waals surface area (Å²) in [6.45, 7) is 0. The van der Waals surface area contributed by atoms with E-state index in [-0.39, 0.29) is 11.7 Å². The lowest BCUT2D eigenvalue weighted by molar-refractivity contribution is 0.945. The van der Waals surface area contributed by atoms with Gasteiger partial charge in [0.2, 0.25) is 5.28 Å². The second-order valence-corrected chi connectivity index (χ2v) is 3.38. The Morgan fingerprint density at radius 3 is 2.56 bits per heavy atom. The molecule has 2 rings (SSSR count). The quantitative estimate of drug-likeness (QED) is 0.794. The highest BCUT2D eigenvalue weighted by molar-refractivity contribution is 6.28. The summed E-state index contributed by atoms with van der Waals surface area (Å²) in [6.07, 6.45) is 0.127. The Labute approximate surface area is 97.6 Å². The molecule has 1 aromatic heterocycles. The minimum Gasteiger partial charge on any atom is -0.212 e. The third-order valence-corrected chi connectivity index (χ3v) is 2.09. The molecule has 0 aliphatic carbocycles. The van der Waals surface area contributed by atoms with Crippen LogP contribution in [-0.2, 0) is 6.42 Å². The molecule has 0 atom stereocenters. The Morgan fingerprint density at radius 2 is 1.88 bits per heavy atom. The molecule has 0 bridgehead atoms. The van der Waals surface area contributed by atoms with Crippen LogP contribution in [-0.4, -0.2) is 15.0 Å². The first-order chi connectivity index (χ1) is 7.79. The lowest BCUT2D eigenvalue weighted by Crippen LogP contribution is -1.99. The van der Waals surface area contributed by atoms with Crippen LogP contribution in [0.1, 0.15) is 5.82 Å². The predicted molar refractivity (Wildman–Crippen MR) is 59.6 cm³/mol. The van der Waals surface area contributed by atoms with Gasteiger partial charge in [-0.15, -0.1) is 0 Å². The van der Waals surface area contributed by atoms with Crippen LogP contribution < -0.4 is 0 Å². The number of hydrogen-bond acceptors (Lipinski definition) is 4. The molecule has 5 heteroatoms. The van der Waals surface area contributed by atoms with Gasteiger partial charge in [0, 0.05) is 5.56 Å². The predicted octanol–water partition coefficient (Wildman–Crippen LogP) is 2.26. The molecule has 1 heterocycles. The number of halogens is 1. The Hall–Kier alpha value is -1.99. The van der Waals surface area contributed by atoms with Crippen molar-refractivity contribution in [1.29, 1.82) is 5.26 Å². The van der Waals surface area contributed by atoms with Crippen LogP contribution in [0.15, 0.2) is 30.3 Å². The zero-order valence-corrected chi connectivity index (χ0v) is 9.02. The fourth-order valence-corrected chi connectivity index (χ4v) is 1.43. The van der Waals surface area contributed by atoms with E-state index in [1.54, 1.807) is 0 Å². The van der Waals surface area contributed by atoms with E-state index in [1.165, 1.54) is 0 Å². The van der Waals surface area contributed by atoms with E-state index in [0.29, 0.717) is 11.6 Å². The molecule has 0 saturated heterocycles. The first kappa shape index (κ1) is 10.5. The Balaban J connectivity index is 2.46. The molecule has 2 aromatic rings. The molecule has 0 saturated carbocycles. The van der Waals surface area contributed by atoms with Crippen molar-refractivity contribution in [3.05, 3.63) is 41.4 Å². The van der Waals surface area contributed by atoms with Crippen LogP contribution in [0.5, 0.6) is 0 Å². The molecule has 1 aromatic carbocycles. The molecule has 0 fully saturated rings. The van der Waals surface area contributed by atoms with Crippen molar-refractivity contribution in [2.75, 3.05) is 0 Å². The minimum atomic E-state index is 0.110. The van der Waals surface area contributed by atoms with Gasteiger partial charge < -0.3 is 0 Å². The van der Waals surface area contributed by atoms with Gasteiger partial charge in [-0.1, -0.05) is 30.3 Å². The lowest BCUT2D eigenvalue weighted by atomic mass is 10.2. The average molecular weight is 231 g/mol.